The standard InChI is InChI=1S/C26H30N4O6/c1-5-36-26(32)29-14-12-28(13-15-29)25(31)23-17-22(21-11-10-20(34-3)16-24(21)35-4)27-30(23)18-6-8-19(33-2)9-7-18/h6-11,16-17H,5,12-15H2,1-4H3. The van der Waals surface area contributed by atoms with Crippen molar-refractivity contribution in [3.8, 4) is 34.2 Å². The van der Waals surface area contributed by atoms with Gasteiger partial charge in [-0.05, 0) is 49.4 Å². The first-order valence-electron chi connectivity index (χ1n) is 11.7. The third-order valence-corrected chi connectivity index (χ3v) is 6.02. The number of rotatable bonds is 7. The smallest absolute Gasteiger partial charge is 0.409 e. The minimum absolute atomic E-state index is 0.180. The Hall–Kier alpha value is -4.21. The van der Waals surface area contributed by atoms with E-state index in [0.717, 1.165) is 5.56 Å². The van der Waals surface area contributed by atoms with Gasteiger partial charge < -0.3 is 28.7 Å². The van der Waals surface area contributed by atoms with Crippen molar-refractivity contribution < 1.29 is 28.5 Å². The van der Waals surface area contributed by atoms with Gasteiger partial charge >= 0.3 is 6.09 Å². The van der Waals surface area contributed by atoms with E-state index in [1.165, 1.54) is 0 Å². The molecule has 0 bridgehead atoms. The van der Waals surface area contributed by atoms with Crippen LogP contribution in [0, 0.1) is 0 Å². The molecule has 1 aromatic heterocycles. The fourth-order valence-electron chi connectivity index (χ4n) is 4.06. The van der Waals surface area contributed by atoms with Crippen molar-refractivity contribution in [3.63, 3.8) is 0 Å². The second-order valence-corrected chi connectivity index (χ2v) is 8.07. The van der Waals surface area contributed by atoms with Crippen LogP contribution in [0.25, 0.3) is 16.9 Å². The van der Waals surface area contributed by atoms with E-state index in [9.17, 15) is 9.59 Å². The third kappa shape index (κ3) is 5.07. The van der Waals surface area contributed by atoms with Crippen molar-refractivity contribution in [1.82, 2.24) is 19.6 Å². The Kier molecular flexibility index (Phi) is 7.62. The first kappa shape index (κ1) is 24.9. The molecule has 1 aliphatic rings. The molecule has 0 aliphatic carbocycles. The summed E-state index contributed by atoms with van der Waals surface area (Å²) < 4.78 is 22.9. The van der Waals surface area contributed by atoms with Crippen LogP contribution in [0.3, 0.4) is 0 Å². The van der Waals surface area contributed by atoms with Crippen LogP contribution in [0.4, 0.5) is 4.79 Å². The number of piperazine rings is 1. The molecule has 0 unspecified atom stereocenters. The monoisotopic (exact) mass is 494 g/mol. The zero-order valence-corrected chi connectivity index (χ0v) is 20.9. The Morgan fingerprint density at radius 2 is 1.47 bits per heavy atom. The molecule has 0 N–H and O–H groups in total. The van der Waals surface area contributed by atoms with Crippen molar-refractivity contribution in [2.45, 2.75) is 6.92 Å². The van der Waals surface area contributed by atoms with Crippen LogP contribution in [0.15, 0.2) is 48.5 Å². The molecule has 2 amide bonds. The van der Waals surface area contributed by atoms with Gasteiger partial charge in [-0.15, -0.1) is 0 Å². The van der Waals surface area contributed by atoms with Gasteiger partial charge in [0.15, 0.2) is 0 Å². The Morgan fingerprint density at radius 1 is 0.833 bits per heavy atom. The second-order valence-electron chi connectivity index (χ2n) is 8.07. The van der Waals surface area contributed by atoms with Gasteiger partial charge in [0, 0.05) is 37.8 Å². The maximum absolute atomic E-state index is 13.7. The molecule has 4 rings (SSSR count). The topological polar surface area (TPSA) is 95.4 Å². The summed E-state index contributed by atoms with van der Waals surface area (Å²) in [5.41, 5.74) is 2.42. The highest BCUT2D eigenvalue weighted by Gasteiger charge is 2.29. The summed E-state index contributed by atoms with van der Waals surface area (Å²) in [5.74, 6) is 1.75. The van der Waals surface area contributed by atoms with Crippen LogP contribution in [0.5, 0.6) is 17.2 Å². The molecule has 0 atom stereocenters. The van der Waals surface area contributed by atoms with Crippen molar-refractivity contribution in [1.29, 1.82) is 0 Å². The number of hydrogen-bond acceptors (Lipinski definition) is 7. The number of aromatic nitrogens is 2. The summed E-state index contributed by atoms with van der Waals surface area (Å²) >= 11 is 0. The fraction of sp³-hybridized carbons (Fsp3) is 0.346. The molecule has 1 aliphatic heterocycles. The molecule has 10 nitrogen and oxygen atoms in total. The lowest BCUT2D eigenvalue weighted by Crippen LogP contribution is -2.51. The lowest BCUT2D eigenvalue weighted by molar-refractivity contribution is 0.0563. The van der Waals surface area contributed by atoms with E-state index in [1.807, 2.05) is 36.4 Å². The first-order valence-corrected chi connectivity index (χ1v) is 11.7. The van der Waals surface area contributed by atoms with Gasteiger partial charge in [0.05, 0.1) is 39.3 Å². The highest BCUT2D eigenvalue weighted by molar-refractivity contribution is 5.95. The molecule has 0 saturated carbocycles. The number of carbonyl (C=O) groups is 2. The van der Waals surface area contributed by atoms with E-state index >= 15 is 0 Å². The summed E-state index contributed by atoms with van der Waals surface area (Å²) in [6.45, 7) is 3.68. The number of nitrogens with zero attached hydrogens (tertiary/aromatic N) is 4. The summed E-state index contributed by atoms with van der Waals surface area (Å²) in [5, 5.41) is 4.78. The molecule has 2 aromatic carbocycles. The lowest BCUT2D eigenvalue weighted by Gasteiger charge is -2.34. The van der Waals surface area contributed by atoms with Gasteiger partial charge in [0.1, 0.15) is 22.9 Å². The number of benzene rings is 2. The molecule has 0 spiro atoms. The number of hydrogen-bond donors (Lipinski definition) is 0. The molecule has 1 saturated heterocycles. The predicted octanol–water partition coefficient (Wildman–Crippen LogP) is 3.48. The van der Waals surface area contributed by atoms with Crippen LogP contribution in [0.1, 0.15) is 17.4 Å². The largest absolute Gasteiger partial charge is 0.497 e. The number of amides is 2. The van der Waals surface area contributed by atoms with E-state index in [0.29, 0.717) is 67.1 Å². The Bertz CT molecular complexity index is 1220. The van der Waals surface area contributed by atoms with Crippen molar-refractivity contribution in [3.05, 3.63) is 54.2 Å². The van der Waals surface area contributed by atoms with E-state index in [4.69, 9.17) is 24.0 Å². The Morgan fingerprint density at radius 3 is 2.08 bits per heavy atom. The molecule has 10 heteroatoms. The highest BCUT2D eigenvalue weighted by atomic mass is 16.6. The van der Waals surface area contributed by atoms with Crippen LogP contribution < -0.4 is 14.2 Å². The number of carbonyl (C=O) groups excluding carboxylic acids is 2. The van der Waals surface area contributed by atoms with Gasteiger partial charge in [-0.3, -0.25) is 4.79 Å². The van der Waals surface area contributed by atoms with Gasteiger partial charge in [-0.1, -0.05) is 0 Å². The molecular weight excluding hydrogens is 464 g/mol. The molecule has 190 valence electrons. The zero-order chi connectivity index (χ0) is 25.7. The third-order valence-electron chi connectivity index (χ3n) is 6.02. The van der Waals surface area contributed by atoms with Crippen molar-refractivity contribution in [2.75, 3.05) is 54.1 Å². The molecule has 36 heavy (non-hydrogen) atoms. The summed E-state index contributed by atoms with van der Waals surface area (Å²) in [6.07, 6.45) is -0.359. The first-order chi connectivity index (χ1) is 17.5. The minimum Gasteiger partial charge on any atom is -0.497 e. The average molecular weight is 495 g/mol. The Labute approximate surface area is 209 Å². The highest BCUT2D eigenvalue weighted by Crippen LogP contribution is 2.34. The maximum Gasteiger partial charge on any atom is 0.409 e. The van der Waals surface area contributed by atoms with Crippen LogP contribution in [-0.2, 0) is 4.74 Å². The average Bonchev–Trinajstić information content (AvgIpc) is 3.37. The van der Waals surface area contributed by atoms with Crippen LogP contribution in [0.2, 0.25) is 0 Å². The minimum atomic E-state index is -0.359. The molecule has 3 aromatic rings. The molecule has 0 radical (unpaired) electrons. The van der Waals surface area contributed by atoms with Gasteiger partial charge in [0.2, 0.25) is 0 Å². The van der Waals surface area contributed by atoms with Crippen LogP contribution in [-0.4, -0.2) is 85.7 Å². The van der Waals surface area contributed by atoms with E-state index in [-0.39, 0.29) is 12.0 Å². The summed E-state index contributed by atoms with van der Waals surface area (Å²) in [7, 11) is 4.76. The molecule has 1 fully saturated rings. The predicted molar refractivity (Wildman–Crippen MR) is 133 cm³/mol. The zero-order valence-electron chi connectivity index (χ0n) is 20.9. The SMILES string of the molecule is CCOC(=O)N1CCN(C(=O)c2cc(-c3ccc(OC)cc3OC)nn2-c2ccc(OC)cc2)CC1. The maximum atomic E-state index is 13.7. The van der Waals surface area contributed by atoms with Gasteiger partial charge in [-0.2, -0.15) is 5.10 Å². The summed E-state index contributed by atoms with van der Waals surface area (Å²) in [6, 6.07) is 14.5. The quantitative estimate of drug-likeness (QED) is 0.496. The summed E-state index contributed by atoms with van der Waals surface area (Å²) in [4.78, 5) is 29.1. The van der Waals surface area contributed by atoms with Gasteiger partial charge in [-0.25, -0.2) is 9.48 Å². The van der Waals surface area contributed by atoms with Gasteiger partial charge in [0.25, 0.3) is 5.91 Å². The van der Waals surface area contributed by atoms with Crippen molar-refractivity contribution >= 4 is 12.0 Å². The fourth-order valence-corrected chi connectivity index (χ4v) is 4.06. The number of ether oxygens (including phenoxy) is 4. The van der Waals surface area contributed by atoms with E-state index < -0.39 is 0 Å². The van der Waals surface area contributed by atoms with Crippen LogP contribution >= 0.6 is 0 Å². The number of methoxy groups -OCH3 is 3. The Balaban J connectivity index is 1.69. The second kappa shape index (κ2) is 11.0. The molecule has 2 heterocycles. The molecular formula is C26H30N4O6. The lowest BCUT2D eigenvalue weighted by atomic mass is 10.1. The van der Waals surface area contributed by atoms with E-state index in [2.05, 4.69) is 0 Å². The van der Waals surface area contributed by atoms with E-state index in [1.54, 1.807) is 54.9 Å². The normalized spacial score (nSPS) is 13.3. The van der Waals surface area contributed by atoms with Crippen molar-refractivity contribution in [2.24, 2.45) is 0 Å².